The number of hydrogen-bond acceptors (Lipinski definition) is 10. The van der Waals surface area contributed by atoms with Crippen LogP contribution in [0.3, 0.4) is 0 Å². The van der Waals surface area contributed by atoms with Crippen LogP contribution < -0.4 is 51.0 Å². The molecular weight excluding hydrogens is 1100 g/mol. The van der Waals surface area contributed by atoms with E-state index in [4.69, 9.17) is 14.2 Å². The molecule has 476 valence electrons. The van der Waals surface area contributed by atoms with Gasteiger partial charge in [-0.05, 0) is 112 Å². The van der Waals surface area contributed by atoms with Gasteiger partial charge in [0.1, 0.15) is 0 Å². The highest BCUT2D eigenvalue weighted by Crippen LogP contribution is 2.37. The lowest BCUT2D eigenvalue weighted by Crippen LogP contribution is -2.50. The summed E-state index contributed by atoms with van der Waals surface area (Å²) < 4.78 is 19.3. The Kier molecular flexibility index (Phi) is 31.2. The number of nitrogens with zero attached hydrogens (tertiary/aromatic N) is 2. The summed E-state index contributed by atoms with van der Waals surface area (Å²) in [6.45, 7) is 30.0. The summed E-state index contributed by atoms with van der Waals surface area (Å²) in [6, 6.07) is 20.9. The van der Waals surface area contributed by atoms with E-state index in [-0.39, 0.29) is 73.5 Å². The van der Waals surface area contributed by atoms with Gasteiger partial charge in [-0.3, -0.25) is 24.0 Å². The van der Waals surface area contributed by atoms with Gasteiger partial charge in [-0.25, -0.2) is 0 Å². The summed E-state index contributed by atoms with van der Waals surface area (Å²) in [6.07, 6.45) is 22.1. The Morgan fingerprint density at radius 2 is 0.483 bits per heavy atom. The molecule has 0 radical (unpaired) electrons. The Balaban J connectivity index is 0.000000389. The molecule has 0 saturated carbocycles. The number of rotatable bonds is 27. The Morgan fingerprint density at radius 3 is 0.690 bits per heavy atom. The minimum absolute atomic E-state index is 0.0137. The maximum Gasteiger partial charge on any atom is 0.259 e. The number of para-hydroxylation sites is 5. The van der Waals surface area contributed by atoms with E-state index in [0.717, 1.165) is 0 Å². The lowest BCUT2D eigenvalue weighted by Gasteiger charge is -2.39. The molecule has 1 aliphatic rings. The van der Waals surface area contributed by atoms with Crippen molar-refractivity contribution in [1.29, 1.82) is 0 Å². The zero-order valence-electron chi connectivity index (χ0n) is 54.1. The number of hydrogen-bond donors (Lipinski definition) is 5. The quantitative estimate of drug-likeness (QED) is 0.0313. The normalized spacial score (nSPS) is 12.7. The summed E-state index contributed by atoms with van der Waals surface area (Å²) >= 11 is 0. The molecule has 0 atom stereocenters. The van der Waals surface area contributed by atoms with E-state index in [9.17, 15) is 34.2 Å². The summed E-state index contributed by atoms with van der Waals surface area (Å²) in [5, 5.41) is 39.7. The maximum atomic E-state index is 13.6. The maximum absolute atomic E-state index is 13.6. The Hall–Kier alpha value is -7.63. The van der Waals surface area contributed by atoms with Crippen molar-refractivity contribution in [3.63, 3.8) is 0 Å². The van der Waals surface area contributed by atoms with E-state index < -0.39 is 41.0 Å². The van der Waals surface area contributed by atoms with Gasteiger partial charge in [0, 0.05) is 22.5 Å². The van der Waals surface area contributed by atoms with Crippen molar-refractivity contribution in [2.45, 2.75) is 158 Å². The minimum atomic E-state index is -0.880. The van der Waals surface area contributed by atoms with E-state index in [1.165, 1.54) is 276 Å². The molecule has 5 amide bonds. The Labute approximate surface area is 519 Å². The van der Waals surface area contributed by atoms with Crippen LogP contribution in [0.1, 0.15) is 210 Å². The molecule has 17 heteroatoms. The molecule has 6 rings (SSSR count). The minimum Gasteiger partial charge on any atom is -0.871 e. The third-order valence-electron chi connectivity index (χ3n) is 16.0. The molecule has 17 nitrogen and oxygen atoms in total. The van der Waals surface area contributed by atoms with Gasteiger partial charge in [0.25, 0.3) is 29.5 Å². The molecule has 0 saturated heterocycles. The van der Waals surface area contributed by atoms with E-state index in [1.807, 2.05) is 0 Å². The Morgan fingerprint density at radius 1 is 0.299 bits per heavy atom. The molecule has 1 heterocycles. The van der Waals surface area contributed by atoms with Gasteiger partial charge >= 0.3 is 0 Å². The van der Waals surface area contributed by atoms with Crippen LogP contribution in [-0.2, 0) is 0 Å². The van der Waals surface area contributed by atoms with Gasteiger partial charge in [-0.1, -0.05) is 149 Å². The van der Waals surface area contributed by atoms with Crippen LogP contribution in [-0.4, -0.2) is 112 Å². The van der Waals surface area contributed by atoms with E-state index in [1.54, 1.807) is 0 Å². The van der Waals surface area contributed by atoms with E-state index in [0.29, 0.717) is 0 Å². The van der Waals surface area contributed by atoms with Crippen LogP contribution in [0, 0.1) is 0 Å². The van der Waals surface area contributed by atoms with Gasteiger partial charge in [0.05, 0.1) is 107 Å². The Bertz CT molecular complexity index is 2870. The first-order valence-electron chi connectivity index (χ1n) is 31.9. The van der Waals surface area contributed by atoms with Gasteiger partial charge in [-0.15, -0.1) is 0 Å². The largest absolute Gasteiger partial charge is 0.871 e. The second-order valence-corrected chi connectivity index (χ2v) is 22.6. The summed E-state index contributed by atoms with van der Waals surface area (Å²) in [5.74, 6) is -5.90. The molecule has 0 fully saturated rings. The number of unbranched alkanes of at least 4 members (excludes halogenated alkanes) is 8. The van der Waals surface area contributed by atoms with Crippen molar-refractivity contribution >= 4 is 58.0 Å². The third kappa shape index (κ3) is 20.8. The SMILES string of the molecule is CCCC[N+](CCCC)(CCCC)CCCC.CCCC[N+](CCCC)(CCCC)CCCC.COc1c2cccc1C(=O)Nc1cccc(c1[O-])C(=O)Nc1cccc(c1OC)C(=O)Nc1cccc(c1OC)C(=O)Nc1cccc(c1[O-])C(=O)N2. The lowest BCUT2D eigenvalue weighted by atomic mass is 10.1. The molecular formula is C70H101N7O10. The van der Waals surface area contributed by atoms with Crippen LogP contribution in [0.15, 0.2) is 91.0 Å². The third-order valence-corrected chi connectivity index (χ3v) is 16.0. The zero-order chi connectivity index (χ0) is 63.8. The molecule has 87 heavy (non-hydrogen) atoms. The van der Waals surface area contributed by atoms with Crippen molar-refractivity contribution in [2.24, 2.45) is 0 Å². The highest BCUT2D eigenvalue weighted by atomic mass is 16.5. The summed E-state index contributed by atoms with van der Waals surface area (Å²) in [5.41, 5.74) is -1.21. The number of ether oxygens (including phenoxy) is 3. The van der Waals surface area contributed by atoms with Crippen molar-refractivity contribution in [3.05, 3.63) is 119 Å². The monoisotopic (exact) mass is 1200 g/mol. The van der Waals surface area contributed by atoms with Crippen molar-refractivity contribution in [2.75, 3.05) is 100 Å². The predicted molar refractivity (Wildman–Crippen MR) is 349 cm³/mol. The number of amides is 5. The standard InChI is InChI=1S/C38H31N5O10.2C16H36N/c1-51-31-21-11-6-16-26(31)41-34(46)19-9-4-15-25(29(19)44)40-37(49)22-12-7-18-28(32(22)52-2)43-38(50)23-13-8-17-27(33(23)53-3)42-35(47)20-10-5-14-24(30(20)45)39-36(21)48;2*1-5-9-13-17(14-10-6-2,15-11-7-3)16-12-8-4/h4-18,44-45H,1-3H3,(H,39,48)(H,40,49)(H,41,46)(H,42,47)(H,43,50);2*5-16H2,1-4H3/q;2*+1/p-2. The van der Waals surface area contributed by atoms with Gasteiger partial charge in [0.15, 0.2) is 17.2 Å². The fourth-order valence-electron chi connectivity index (χ4n) is 11.0. The number of fused-ring (bicyclic) bond motifs is 10. The van der Waals surface area contributed by atoms with Crippen LogP contribution in [0.5, 0.6) is 28.7 Å². The molecule has 0 unspecified atom stereocenters. The highest BCUT2D eigenvalue weighted by molar-refractivity contribution is 6.15. The zero-order valence-corrected chi connectivity index (χ0v) is 54.1. The molecule has 5 aromatic carbocycles. The molecule has 10 bridgehead atoms. The smallest absolute Gasteiger partial charge is 0.259 e. The highest BCUT2D eigenvalue weighted by Gasteiger charge is 2.28. The molecule has 0 aliphatic carbocycles. The van der Waals surface area contributed by atoms with Crippen molar-refractivity contribution in [1.82, 2.24) is 0 Å². The van der Waals surface area contributed by atoms with E-state index in [2.05, 4.69) is 82.0 Å². The average Bonchev–Trinajstić information content (AvgIpc) is 1.97. The average molecular weight is 1200 g/mol. The lowest BCUT2D eigenvalue weighted by molar-refractivity contribution is -0.929. The van der Waals surface area contributed by atoms with E-state index >= 15 is 0 Å². The number of nitrogens with one attached hydrogen (secondary N) is 5. The molecule has 0 aromatic heterocycles. The van der Waals surface area contributed by atoms with Crippen LogP contribution in [0.25, 0.3) is 0 Å². The number of anilines is 5. The van der Waals surface area contributed by atoms with Gasteiger partial charge in [0.2, 0.25) is 0 Å². The topological polar surface area (TPSA) is 219 Å². The van der Waals surface area contributed by atoms with Crippen molar-refractivity contribution < 1.29 is 57.4 Å². The first kappa shape index (κ1) is 71.8. The van der Waals surface area contributed by atoms with Gasteiger partial charge < -0.3 is 60.0 Å². The summed E-state index contributed by atoms with van der Waals surface area (Å²) in [4.78, 5) is 67.5. The fourth-order valence-corrected chi connectivity index (χ4v) is 11.0. The second kappa shape index (κ2) is 37.8. The van der Waals surface area contributed by atoms with Crippen LogP contribution >= 0.6 is 0 Å². The molecule has 1 aliphatic heterocycles. The number of benzene rings is 5. The molecule has 5 N–H and O–H groups in total. The van der Waals surface area contributed by atoms with Crippen LogP contribution in [0.2, 0.25) is 0 Å². The predicted octanol–water partition coefficient (Wildman–Crippen LogP) is 14.4. The van der Waals surface area contributed by atoms with Gasteiger partial charge in [-0.2, -0.15) is 0 Å². The number of carbonyl (C=O) groups is 5. The number of quaternary nitrogens is 2. The van der Waals surface area contributed by atoms with Crippen LogP contribution in [0.4, 0.5) is 28.4 Å². The molecule has 0 spiro atoms. The van der Waals surface area contributed by atoms with Crippen molar-refractivity contribution in [3.8, 4) is 28.7 Å². The summed E-state index contributed by atoms with van der Waals surface area (Å²) in [7, 11) is 3.82. The number of methoxy groups -OCH3 is 3. The fraction of sp³-hybridized carbons (Fsp3) is 0.500. The molecule has 5 aromatic rings. The first-order valence-corrected chi connectivity index (χ1v) is 31.9. The second-order valence-electron chi connectivity index (χ2n) is 22.6. The first-order chi connectivity index (χ1) is 42.0. The number of carbonyl (C=O) groups excluding carboxylic acids is 5.